The molecule has 0 bridgehead atoms. The summed E-state index contributed by atoms with van der Waals surface area (Å²) in [5.74, 6) is 0.0781. The molecule has 21 heavy (non-hydrogen) atoms. The maximum Gasteiger partial charge on any atom is 0.307 e. The zero-order valence-electron chi connectivity index (χ0n) is 12.8. The smallest absolute Gasteiger partial charge is 0.307 e. The predicted molar refractivity (Wildman–Crippen MR) is 81.0 cm³/mol. The van der Waals surface area contributed by atoms with E-state index in [1.807, 2.05) is 25.1 Å². The van der Waals surface area contributed by atoms with Crippen molar-refractivity contribution in [3.05, 3.63) is 35.4 Å². The first-order valence-electron chi connectivity index (χ1n) is 6.66. The Balaban J connectivity index is 2.66. The van der Waals surface area contributed by atoms with Crippen molar-refractivity contribution in [1.82, 2.24) is 5.32 Å². The van der Waals surface area contributed by atoms with E-state index in [-0.39, 0.29) is 24.3 Å². The van der Waals surface area contributed by atoms with Gasteiger partial charge in [0.25, 0.3) is 0 Å². The standard InChI is InChI=1S/C16H21NO4/c1-11-5-7-14(20-3)13(9-11)6-8-15(18)17-12(2)10-16(19)21-4/h5-9,12H,10H2,1-4H3,(H,17,18)/b8-6+. The first-order chi connectivity index (χ1) is 9.96. The molecule has 0 radical (unpaired) electrons. The molecular formula is C16H21NO4. The molecular weight excluding hydrogens is 270 g/mol. The number of nitrogens with one attached hydrogen (secondary N) is 1. The van der Waals surface area contributed by atoms with E-state index in [0.29, 0.717) is 5.75 Å². The van der Waals surface area contributed by atoms with E-state index in [1.165, 1.54) is 13.2 Å². The second kappa shape index (κ2) is 8.09. The molecule has 1 unspecified atom stereocenters. The number of methoxy groups -OCH3 is 2. The van der Waals surface area contributed by atoms with Crippen LogP contribution in [0, 0.1) is 6.92 Å². The van der Waals surface area contributed by atoms with Gasteiger partial charge in [0.2, 0.25) is 5.91 Å². The van der Waals surface area contributed by atoms with Gasteiger partial charge in [-0.3, -0.25) is 9.59 Å². The number of amides is 1. The Morgan fingerprint density at radius 3 is 2.67 bits per heavy atom. The van der Waals surface area contributed by atoms with Gasteiger partial charge in [-0.2, -0.15) is 0 Å². The van der Waals surface area contributed by atoms with E-state index in [0.717, 1.165) is 11.1 Å². The van der Waals surface area contributed by atoms with E-state index in [9.17, 15) is 9.59 Å². The fourth-order valence-electron chi connectivity index (χ4n) is 1.82. The highest BCUT2D eigenvalue weighted by molar-refractivity contribution is 5.92. The number of carbonyl (C=O) groups excluding carboxylic acids is 2. The highest BCUT2D eigenvalue weighted by atomic mass is 16.5. The number of benzene rings is 1. The van der Waals surface area contributed by atoms with Crippen LogP contribution in [0.1, 0.15) is 24.5 Å². The molecule has 0 spiro atoms. The van der Waals surface area contributed by atoms with E-state index in [4.69, 9.17) is 4.74 Å². The minimum atomic E-state index is -0.355. The average Bonchev–Trinajstić information content (AvgIpc) is 2.44. The summed E-state index contributed by atoms with van der Waals surface area (Å²) in [7, 11) is 2.90. The fraction of sp³-hybridized carbons (Fsp3) is 0.375. The molecule has 0 aromatic heterocycles. The van der Waals surface area contributed by atoms with Crippen LogP contribution in [0.3, 0.4) is 0 Å². The third-order valence-electron chi connectivity index (χ3n) is 2.89. The van der Waals surface area contributed by atoms with Gasteiger partial charge in [0, 0.05) is 17.7 Å². The van der Waals surface area contributed by atoms with Crippen LogP contribution in [0.4, 0.5) is 0 Å². The van der Waals surface area contributed by atoms with Crippen molar-refractivity contribution in [2.75, 3.05) is 14.2 Å². The Kier molecular flexibility index (Phi) is 6.46. The van der Waals surface area contributed by atoms with Crippen molar-refractivity contribution in [3.8, 4) is 5.75 Å². The second-order valence-electron chi connectivity index (χ2n) is 4.77. The quantitative estimate of drug-likeness (QED) is 0.644. The lowest BCUT2D eigenvalue weighted by atomic mass is 10.1. The molecule has 114 valence electrons. The molecule has 1 aromatic carbocycles. The molecule has 0 saturated heterocycles. The molecule has 1 atom stereocenters. The highest BCUT2D eigenvalue weighted by Crippen LogP contribution is 2.20. The van der Waals surface area contributed by atoms with Crippen molar-refractivity contribution >= 4 is 18.0 Å². The molecule has 0 aliphatic rings. The highest BCUT2D eigenvalue weighted by Gasteiger charge is 2.10. The molecule has 5 nitrogen and oxygen atoms in total. The van der Waals surface area contributed by atoms with Gasteiger partial charge in [0.05, 0.1) is 20.6 Å². The van der Waals surface area contributed by atoms with Crippen molar-refractivity contribution in [2.24, 2.45) is 0 Å². The summed E-state index contributed by atoms with van der Waals surface area (Å²) >= 11 is 0. The van der Waals surface area contributed by atoms with E-state index < -0.39 is 0 Å². The zero-order valence-corrected chi connectivity index (χ0v) is 12.8. The van der Waals surface area contributed by atoms with Crippen LogP contribution in [0.2, 0.25) is 0 Å². The summed E-state index contributed by atoms with van der Waals surface area (Å²) in [6, 6.07) is 5.44. The molecule has 0 heterocycles. The summed E-state index contributed by atoms with van der Waals surface area (Å²) in [6.07, 6.45) is 3.25. The van der Waals surface area contributed by atoms with Crippen LogP contribution in [0.25, 0.3) is 6.08 Å². The third-order valence-corrected chi connectivity index (χ3v) is 2.89. The predicted octanol–water partition coefficient (Wildman–Crippen LogP) is 2.08. The lowest BCUT2D eigenvalue weighted by molar-refractivity contribution is -0.141. The summed E-state index contributed by atoms with van der Waals surface area (Å²) in [5, 5.41) is 2.70. The van der Waals surface area contributed by atoms with Crippen LogP contribution < -0.4 is 10.1 Å². The van der Waals surface area contributed by atoms with Crippen molar-refractivity contribution < 1.29 is 19.1 Å². The molecule has 1 N–H and O–H groups in total. The first-order valence-corrected chi connectivity index (χ1v) is 6.66. The van der Waals surface area contributed by atoms with Crippen LogP contribution in [0.5, 0.6) is 5.75 Å². The van der Waals surface area contributed by atoms with Crippen LogP contribution in [-0.2, 0) is 14.3 Å². The molecule has 1 amide bonds. The number of hydrogen-bond donors (Lipinski definition) is 1. The molecule has 0 fully saturated rings. The molecule has 1 aromatic rings. The van der Waals surface area contributed by atoms with Gasteiger partial charge in [0.15, 0.2) is 0 Å². The Morgan fingerprint density at radius 2 is 2.05 bits per heavy atom. The summed E-state index contributed by atoms with van der Waals surface area (Å²) in [4.78, 5) is 22.9. The number of ether oxygens (including phenoxy) is 2. The number of rotatable bonds is 6. The minimum absolute atomic E-state index is 0.143. The summed E-state index contributed by atoms with van der Waals surface area (Å²) < 4.78 is 9.79. The van der Waals surface area contributed by atoms with Crippen molar-refractivity contribution in [1.29, 1.82) is 0 Å². The summed E-state index contributed by atoms with van der Waals surface area (Å²) in [5.41, 5.74) is 1.91. The van der Waals surface area contributed by atoms with E-state index in [1.54, 1.807) is 20.1 Å². The molecule has 0 aliphatic carbocycles. The van der Waals surface area contributed by atoms with Gasteiger partial charge in [-0.15, -0.1) is 0 Å². The van der Waals surface area contributed by atoms with Crippen LogP contribution in [-0.4, -0.2) is 32.1 Å². The van der Waals surface area contributed by atoms with E-state index in [2.05, 4.69) is 10.1 Å². The lowest BCUT2D eigenvalue weighted by Crippen LogP contribution is -2.33. The monoisotopic (exact) mass is 291 g/mol. The Bertz CT molecular complexity index is 537. The number of hydrogen-bond acceptors (Lipinski definition) is 4. The minimum Gasteiger partial charge on any atom is -0.496 e. The number of aryl methyl sites for hydroxylation is 1. The molecule has 0 saturated carbocycles. The van der Waals surface area contributed by atoms with Gasteiger partial charge in [-0.05, 0) is 32.1 Å². The normalized spacial score (nSPS) is 12.0. The first kappa shape index (κ1) is 16.8. The number of carbonyl (C=O) groups is 2. The molecule has 0 aliphatic heterocycles. The van der Waals surface area contributed by atoms with Crippen molar-refractivity contribution in [3.63, 3.8) is 0 Å². The Morgan fingerprint density at radius 1 is 1.33 bits per heavy atom. The zero-order chi connectivity index (χ0) is 15.8. The van der Waals surface area contributed by atoms with Gasteiger partial charge in [-0.25, -0.2) is 0 Å². The Labute approximate surface area is 124 Å². The van der Waals surface area contributed by atoms with Crippen LogP contribution in [0.15, 0.2) is 24.3 Å². The van der Waals surface area contributed by atoms with Gasteiger partial charge < -0.3 is 14.8 Å². The average molecular weight is 291 g/mol. The largest absolute Gasteiger partial charge is 0.496 e. The van der Waals surface area contributed by atoms with E-state index >= 15 is 0 Å². The summed E-state index contributed by atoms with van der Waals surface area (Å²) in [6.45, 7) is 3.71. The molecule has 1 rings (SSSR count). The Hall–Kier alpha value is -2.30. The van der Waals surface area contributed by atoms with Gasteiger partial charge in [-0.1, -0.05) is 11.6 Å². The lowest BCUT2D eigenvalue weighted by Gasteiger charge is -2.10. The SMILES string of the molecule is COC(=O)CC(C)NC(=O)/C=C/c1cc(C)ccc1OC. The van der Waals surface area contributed by atoms with Gasteiger partial charge >= 0.3 is 5.97 Å². The maximum atomic E-state index is 11.8. The van der Waals surface area contributed by atoms with Crippen LogP contribution >= 0.6 is 0 Å². The van der Waals surface area contributed by atoms with Gasteiger partial charge in [0.1, 0.15) is 5.75 Å². The fourth-order valence-corrected chi connectivity index (χ4v) is 1.82. The second-order valence-corrected chi connectivity index (χ2v) is 4.77. The number of esters is 1. The third kappa shape index (κ3) is 5.69. The maximum absolute atomic E-state index is 11.8. The van der Waals surface area contributed by atoms with Crippen molar-refractivity contribution in [2.45, 2.75) is 26.3 Å². The molecule has 5 heteroatoms. The topological polar surface area (TPSA) is 64.6 Å².